The SMILES string of the molecule is O=C(NCC1CCC(C(=O)O)O1)c1ccc(CO)cc1. The summed E-state index contributed by atoms with van der Waals surface area (Å²) in [5, 5.41) is 20.4. The minimum atomic E-state index is -0.960. The molecule has 1 heterocycles. The summed E-state index contributed by atoms with van der Waals surface area (Å²) in [4.78, 5) is 22.6. The highest BCUT2D eigenvalue weighted by Crippen LogP contribution is 2.19. The van der Waals surface area contributed by atoms with Gasteiger partial charge >= 0.3 is 5.97 Å². The number of ether oxygens (including phenoxy) is 1. The zero-order valence-electron chi connectivity index (χ0n) is 10.9. The average molecular weight is 279 g/mol. The van der Waals surface area contributed by atoms with E-state index < -0.39 is 12.1 Å². The smallest absolute Gasteiger partial charge is 0.332 e. The molecule has 1 aliphatic rings. The van der Waals surface area contributed by atoms with Crippen LogP contribution in [0.4, 0.5) is 0 Å². The van der Waals surface area contributed by atoms with Crippen molar-refractivity contribution in [2.24, 2.45) is 0 Å². The molecule has 0 radical (unpaired) electrons. The van der Waals surface area contributed by atoms with Gasteiger partial charge in [0.15, 0.2) is 6.10 Å². The van der Waals surface area contributed by atoms with E-state index in [1.54, 1.807) is 24.3 Å². The second kappa shape index (κ2) is 6.49. The Labute approximate surface area is 116 Å². The topological polar surface area (TPSA) is 95.9 Å². The van der Waals surface area contributed by atoms with Crippen LogP contribution in [-0.2, 0) is 16.1 Å². The maximum Gasteiger partial charge on any atom is 0.332 e. The Bertz CT molecular complexity index is 485. The lowest BCUT2D eigenvalue weighted by Gasteiger charge is -2.12. The summed E-state index contributed by atoms with van der Waals surface area (Å²) in [6.45, 7) is 0.235. The Hall–Kier alpha value is -1.92. The zero-order chi connectivity index (χ0) is 14.5. The van der Waals surface area contributed by atoms with Gasteiger partial charge in [-0.1, -0.05) is 12.1 Å². The summed E-state index contributed by atoms with van der Waals surface area (Å²) >= 11 is 0. The van der Waals surface area contributed by atoms with Crippen molar-refractivity contribution in [3.05, 3.63) is 35.4 Å². The van der Waals surface area contributed by atoms with Crippen LogP contribution < -0.4 is 5.32 Å². The highest BCUT2D eigenvalue weighted by molar-refractivity contribution is 5.94. The first-order valence-corrected chi connectivity index (χ1v) is 6.46. The summed E-state index contributed by atoms with van der Waals surface area (Å²) < 4.78 is 5.30. The van der Waals surface area contributed by atoms with Gasteiger partial charge in [-0.3, -0.25) is 4.79 Å². The van der Waals surface area contributed by atoms with Crippen molar-refractivity contribution in [1.29, 1.82) is 0 Å². The molecular weight excluding hydrogens is 262 g/mol. The van der Waals surface area contributed by atoms with Gasteiger partial charge in [0, 0.05) is 12.1 Å². The zero-order valence-corrected chi connectivity index (χ0v) is 10.9. The molecule has 1 aromatic carbocycles. The van der Waals surface area contributed by atoms with Crippen LogP contribution in [-0.4, -0.2) is 40.8 Å². The molecule has 20 heavy (non-hydrogen) atoms. The lowest BCUT2D eigenvalue weighted by Crippen LogP contribution is -2.33. The molecule has 0 saturated carbocycles. The fourth-order valence-corrected chi connectivity index (χ4v) is 2.11. The number of hydrogen-bond acceptors (Lipinski definition) is 4. The summed E-state index contributed by atoms with van der Waals surface area (Å²) in [6, 6.07) is 6.63. The molecule has 6 heteroatoms. The molecule has 2 unspecified atom stereocenters. The van der Waals surface area contributed by atoms with Crippen molar-refractivity contribution >= 4 is 11.9 Å². The second-order valence-electron chi connectivity index (χ2n) is 4.73. The molecule has 1 amide bonds. The van der Waals surface area contributed by atoms with Gasteiger partial charge < -0.3 is 20.3 Å². The molecule has 0 spiro atoms. The number of aliphatic hydroxyl groups excluding tert-OH is 1. The fraction of sp³-hybridized carbons (Fsp3) is 0.429. The minimum Gasteiger partial charge on any atom is -0.479 e. The number of carboxylic acids is 1. The molecule has 0 aliphatic carbocycles. The van der Waals surface area contributed by atoms with Gasteiger partial charge in [0.05, 0.1) is 12.7 Å². The quantitative estimate of drug-likeness (QED) is 0.731. The van der Waals surface area contributed by atoms with Gasteiger partial charge in [0.1, 0.15) is 0 Å². The van der Waals surface area contributed by atoms with Crippen molar-refractivity contribution in [2.75, 3.05) is 6.54 Å². The molecule has 1 aliphatic heterocycles. The molecule has 2 rings (SSSR count). The second-order valence-corrected chi connectivity index (χ2v) is 4.73. The van der Waals surface area contributed by atoms with Crippen LogP contribution in [0.3, 0.4) is 0 Å². The van der Waals surface area contributed by atoms with Crippen molar-refractivity contribution in [3.8, 4) is 0 Å². The Morgan fingerprint density at radius 2 is 1.95 bits per heavy atom. The Morgan fingerprint density at radius 1 is 1.25 bits per heavy atom. The van der Waals surface area contributed by atoms with Crippen LogP contribution in [0.2, 0.25) is 0 Å². The van der Waals surface area contributed by atoms with Crippen molar-refractivity contribution in [1.82, 2.24) is 5.32 Å². The molecule has 6 nitrogen and oxygen atoms in total. The first kappa shape index (κ1) is 14.5. The van der Waals surface area contributed by atoms with Crippen LogP contribution >= 0.6 is 0 Å². The van der Waals surface area contributed by atoms with Gasteiger partial charge in [-0.25, -0.2) is 4.79 Å². The van der Waals surface area contributed by atoms with Crippen molar-refractivity contribution in [2.45, 2.75) is 31.7 Å². The first-order chi connectivity index (χ1) is 9.60. The molecule has 1 fully saturated rings. The van der Waals surface area contributed by atoms with E-state index in [0.717, 1.165) is 5.56 Å². The summed E-state index contributed by atoms with van der Waals surface area (Å²) in [5.74, 6) is -1.20. The number of benzene rings is 1. The monoisotopic (exact) mass is 279 g/mol. The fourth-order valence-electron chi connectivity index (χ4n) is 2.11. The number of hydrogen-bond donors (Lipinski definition) is 3. The Morgan fingerprint density at radius 3 is 2.50 bits per heavy atom. The van der Waals surface area contributed by atoms with Gasteiger partial charge in [0.2, 0.25) is 0 Å². The molecule has 3 N–H and O–H groups in total. The van der Waals surface area contributed by atoms with E-state index in [0.29, 0.717) is 24.9 Å². The third-order valence-electron chi connectivity index (χ3n) is 3.27. The third kappa shape index (κ3) is 3.55. The van der Waals surface area contributed by atoms with Crippen molar-refractivity contribution < 1.29 is 24.5 Å². The number of carboxylic acid groups (broad SMARTS) is 1. The van der Waals surface area contributed by atoms with Crippen LogP contribution in [0.1, 0.15) is 28.8 Å². The maximum atomic E-state index is 11.9. The summed E-state index contributed by atoms with van der Waals surface area (Å²) in [6.07, 6.45) is 0.0828. The van der Waals surface area contributed by atoms with E-state index >= 15 is 0 Å². The normalized spacial score (nSPS) is 21.6. The number of aliphatic hydroxyl groups is 1. The van der Waals surface area contributed by atoms with Gasteiger partial charge in [0.25, 0.3) is 5.91 Å². The molecule has 2 atom stereocenters. The van der Waals surface area contributed by atoms with E-state index in [9.17, 15) is 9.59 Å². The summed E-state index contributed by atoms with van der Waals surface area (Å²) in [7, 11) is 0. The maximum absolute atomic E-state index is 11.9. The van der Waals surface area contributed by atoms with Crippen LogP contribution in [0.25, 0.3) is 0 Å². The van der Waals surface area contributed by atoms with Crippen LogP contribution in [0, 0.1) is 0 Å². The third-order valence-corrected chi connectivity index (χ3v) is 3.27. The van der Waals surface area contributed by atoms with Crippen molar-refractivity contribution in [3.63, 3.8) is 0 Å². The molecule has 1 saturated heterocycles. The predicted molar refractivity (Wildman–Crippen MR) is 70.2 cm³/mol. The van der Waals surface area contributed by atoms with E-state index in [-0.39, 0.29) is 18.6 Å². The number of carbonyl (C=O) groups is 2. The number of amides is 1. The largest absolute Gasteiger partial charge is 0.479 e. The number of aliphatic carboxylic acids is 1. The summed E-state index contributed by atoms with van der Waals surface area (Å²) in [5.41, 5.74) is 1.24. The van der Waals surface area contributed by atoms with E-state index in [4.69, 9.17) is 14.9 Å². The van der Waals surface area contributed by atoms with Crippen LogP contribution in [0.5, 0.6) is 0 Å². The number of nitrogens with one attached hydrogen (secondary N) is 1. The lowest BCUT2D eigenvalue weighted by molar-refractivity contribution is -0.149. The highest BCUT2D eigenvalue weighted by Gasteiger charge is 2.30. The highest BCUT2D eigenvalue weighted by atomic mass is 16.5. The van der Waals surface area contributed by atoms with E-state index in [1.165, 1.54) is 0 Å². The average Bonchev–Trinajstić information content (AvgIpc) is 2.94. The molecule has 0 aromatic heterocycles. The number of carbonyl (C=O) groups excluding carboxylic acids is 1. The van der Waals surface area contributed by atoms with E-state index in [2.05, 4.69) is 5.32 Å². The Kier molecular flexibility index (Phi) is 4.70. The first-order valence-electron chi connectivity index (χ1n) is 6.46. The lowest BCUT2D eigenvalue weighted by atomic mass is 10.1. The molecule has 108 valence electrons. The predicted octanol–water partition coefficient (Wildman–Crippen LogP) is 0.541. The van der Waals surface area contributed by atoms with E-state index in [1.807, 2.05) is 0 Å². The van der Waals surface area contributed by atoms with Gasteiger partial charge in [-0.05, 0) is 30.5 Å². The Balaban J connectivity index is 1.81. The molecule has 0 bridgehead atoms. The van der Waals surface area contributed by atoms with Gasteiger partial charge in [-0.2, -0.15) is 0 Å². The number of rotatable bonds is 5. The van der Waals surface area contributed by atoms with Gasteiger partial charge in [-0.15, -0.1) is 0 Å². The molecular formula is C14H17NO5. The standard InChI is InChI=1S/C14H17NO5/c16-8-9-1-3-10(4-2-9)13(17)15-7-11-5-6-12(20-11)14(18)19/h1-4,11-12,16H,5-8H2,(H,15,17)(H,18,19). The van der Waals surface area contributed by atoms with Crippen LogP contribution in [0.15, 0.2) is 24.3 Å². The minimum absolute atomic E-state index is 0.0611. The molecule has 1 aromatic rings.